The lowest BCUT2D eigenvalue weighted by atomic mass is 9.68. The van der Waals surface area contributed by atoms with E-state index in [2.05, 4.69) is 31.0 Å². The van der Waals surface area contributed by atoms with E-state index in [-0.39, 0.29) is 0 Å². The molecule has 0 amide bonds. The molecule has 2 saturated heterocycles. The van der Waals surface area contributed by atoms with Gasteiger partial charge in [0.05, 0.1) is 0 Å². The summed E-state index contributed by atoms with van der Waals surface area (Å²) in [6.07, 6.45) is 2.80. The van der Waals surface area contributed by atoms with Gasteiger partial charge in [-0.25, -0.2) is 0 Å². The van der Waals surface area contributed by atoms with Gasteiger partial charge in [-0.15, -0.1) is 0 Å². The molecule has 0 spiro atoms. The molecule has 2 aliphatic heterocycles. The lowest BCUT2D eigenvalue weighted by Crippen LogP contribution is -2.60. The molecule has 2 unspecified atom stereocenters. The van der Waals surface area contributed by atoms with Crippen LogP contribution in [0.5, 0.6) is 0 Å². The Morgan fingerprint density at radius 2 is 2.00 bits per heavy atom. The highest BCUT2D eigenvalue weighted by Crippen LogP contribution is 2.39. The highest BCUT2D eigenvalue weighted by molar-refractivity contribution is 4.97. The number of likely N-dealkylation sites (tertiary alicyclic amines) is 1. The summed E-state index contributed by atoms with van der Waals surface area (Å²) < 4.78 is 0. The van der Waals surface area contributed by atoms with Crippen molar-refractivity contribution >= 4 is 0 Å². The van der Waals surface area contributed by atoms with Crippen LogP contribution in [-0.2, 0) is 0 Å². The molecule has 2 rings (SSSR count). The maximum Gasteiger partial charge on any atom is 0.0228 e. The normalized spacial score (nSPS) is 33.6. The summed E-state index contributed by atoms with van der Waals surface area (Å²) in [6.45, 7) is 16.2. The molecular formula is C14H30N2. The van der Waals surface area contributed by atoms with Gasteiger partial charge < -0.3 is 10.2 Å². The molecule has 1 N–H and O–H groups in total. The molecular weight excluding hydrogens is 196 g/mol. The molecule has 2 aliphatic rings. The van der Waals surface area contributed by atoms with Gasteiger partial charge in [-0.3, -0.25) is 0 Å². The van der Waals surface area contributed by atoms with Gasteiger partial charge in [0.1, 0.15) is 0 Å². The maximum absolute atomic E-state index is 3.70. The molecule has 0 aliphatic carbocycles. The predicted molar refractivity (Wildman–Crippen MR) is 71.8 cm³/mol. The summed E-state index contributed by atoms with van der Waals surface area (Å²) in [5, 5.41) is 3.70. The Labute approximate surface area is 102 Å². The lowest BCUT2D eigenvalue weighted by molar-refractivity contribution is 0.00976. The zero-order valence-electron chi connectivity index (χ0n) is 11.8. The van der Waals surface area contributed by atoms with Crippen LogP contribution in [0, 0.1) is 11.3 Å². The first-order chi connectivity index (χ1) is 7.63. The molecule has 0 aromatic rings. The number of fused-ring (bicyclic) bond motifs is 1. The number of hydrogen-bond acceptors (Lipinski definition) is 2. The van der Waals surface area contributed by atoms with Gasteiger partial charge in [0.2, 0.25) is 0 Å². The van der Waals surface area contributed by atoms with Gasteiger partial charge in [-0.2, -0.15) is 0 Å². The van der Waals surface area contributed by atoms with Crippen molar-refractivity contribution in [3.63, 3.8) is 0 Å². The second kappa shape index (κ2) is 6.02. The van der Waals surface area contributed by atoms with Crippen LogP contribution in [0.25, 0.3) is 0 Å². The van der Waals surface area contributed by atoms with Crippen molar-refractivity contribution in [2.45, 2.75) is 53.5 Å². The van der Waals surface area contributed by atoms with Gasteiger partial charge >= 0.3 is 0 Å². The minimum absolute atomic E-state index is 0.506. The van der Waals surface area contributed by atoms with E-state index in [1.807, 2.05) is 13.8 Å². The molecule has 2 fully saturated rings. The molecule has 16 heavy (non-hydrogen) atoms. The van der Waals surface area contributed by atoms with Gasteiger partial charge in [0, 0.05) is 19.1 Å². The number of nitrogens with zero attached hydrogens (tertiary/aromatic N) is 1. The minimum atomic E-state index is 0.506. The van der Waals surface area contributed by atoms with Crippen molar-refractivity contribution in [3.05, 3.63) is 0 Å². The first-order valence-corrected chi connectivity index (χ1v) is 7.09. The molecule has 2 heteroatoms. The first-order valence-electron chi connectivity index (χ1n) is 7.09. The van der Waals surface area contributed by atoms with Crippen molar-refractivity contribution in [2.75, 3.05) is 26.2 Å². The lowest BCUT2D eigenvalue weighted by Gasteiger charge is -2.51. The van der Waals surface area contributed by atoms with E-state index < -0.39 is 0 Å². The number of likely N-dealkylation sites (N-methyl/N-ethyl adjacent to an activating group) is 1. The summed E-state index contributed by atoms with van der Waals surface area (Å²) in [7, 11) is 0. The van der Waals surface area contributed by atoms with Crippen molar-refractivity contribution in [3.8, 4) is 0 Å². The van der Waals surface area contributed by atoms with Crippen LogP contribution in [-0.4, -0.2) is 37.1 Å². The third-order valence-electron chi connectivity index (χ3n) is 4.12. The van der Waals surface area contributed by atoms with Gasteiger partial charge in [-0.1, -0.05) is 34.6 Å². The zero-order valence-corrected chi connectivity index (χ0v) is 11.8. The summed E-state index contributed by atoms with van der Waals surface area (Å²) in [5.74, 6) is 0.902. The molecule has 0 radical (unpaired) electrons. The molecule has 0 saturated carbocycles. The van der Waals surface area contributed by atoms with Crippen LogP contribution in [0.15, 0.2) is 0 Å². The van der Waals surface area contributed by atoms with Gasteiger partial charge in [0.25, 0.3) is 0 Å². The first kappa shape index (κ1) is 14.0. The molecule has 0 bridgehead atoms. The summed E-state index contributed by atoms with van der Waals surface area (Å²) in [4.78, 5) is 2.60. The van der Waals surface area contributed by atoms with E-state index in [4.69, 9.17) is 0 Å². The third kappa shape index (κ3) is 2.98. The van der Waals surface area contributed by atoms with E-state index in [0.717, 1.165) is 12.0 Å². The van der Waals surface area contributed by atoms with Gasteiger partial charge in [0.15, 0.2) is 0 Å². The SMILES string of the molecule is CC.CCN1CC2NCCCC2C(C)(C)C1. The fourth-order valence-electron chi connectivity index (χ4n) is 3.36. The Morgan fingerprint density at radius 1 is 1.31 bits per heavy atom. The molecule has 0 aromatic carbocycles. The van der Waals surface area contributed by atoms with Crippen molar-refractivity contribution < 1.29 is 0 Å². The number of hydrogen-bond donors (Lipinski definition) is 1. The molecule has 2 nitrogen and oxygen atoms in total. The smallest absolute Gasteiger partial charge is 0.0228 e. The monoisotopic (exact) mass is 226 g/mol. The fraction of sp³-hybridized carbons (Fsp3) is 1.00. The Morgan fingerprint density at radius 3 is 2.62 bits per heavy atom. The Bertz CT molecular complexity index is 201. The van der Waals surface area contributed by atoms with Crippen LogP contribution in [0.1, 0.15) is 47.5 Å². The topological polar surface area (TPSA) is 15.3 Å². The van der Waals surface area contributed by atoms with E-state index in [9.17, 15) is 0 Å². The van der Waals surface area contributed by atoms with Crippen LogP contribution < -0.4 is 5.32 Å². The molecule has 2 atom stereocenters. The molecule has 2 heterocycles. The second-order valence-electron chi connectivity index (χ2n) is 5.63. The van der Waals surface area contributed by atoms with Gasteiger partial charge in [-0.05, 0) is 37.3 Å². The van der Waals surface area contributed by atoms with Crippen LogP contribution >= 0.6 is 0 Å². The quantitative estimate of drug-likeness (QED) is 0.739. The predicted octanol–water partition coefficient (Wildman–Crippen LogP) is 2.74. The Balaban J connectivity index is 0.000000606. The fourth-order valence-corrected chi connectivity index (χ4v) is 3.36. The van der Waals surface area contributed by atoms with Crippen LogP contribution in [0.4, 0.5) is 0 Å². The van der Waals surface area contributed by atoms with E-state index in [1.165, 1.54) is 39.0 Å². The highest BCUT2D eigenvalue weighted by Gasteiger charge is 2.42. The van der Waals surface area contributed by atoms with E-state index in [1.54, 1.807) is 0 Å². The average molecular weight is 226 g/mol. The average Bonchev–Trinajstić information content (AvgIpc) is 2.31. The van der Waals surface area contributed by atoms with Crippen LogP contribution in [0.3, 0.4) is 0 Å². The molecule has 0 aromatic heterocycles. The summed E-state index contributed by atoms with van der Waals surface area (Å²) in [5.41, 5.74) is 0.506. The highest BCUT2D eigenvalue weighted by atomic mass is 15.2. The van der Waals surface area contributed by atoms with Crippen molar-refractivity contribution in [1.29, 1.82) is 0 Å². The largest absolute Gasteiger partial charge is 0.312 e. The number of piperidine rings is 2. The second-order valence-corrected chi connectivity index (χ2v) is 5.63. The van der Waals surface area contributed by atoms with E-state index in [0.29, 0.717) is 5.41 Å². The van der Waals surface area contributed by atoms with E-state index >= 15 is 0 Å². The Hall–Kier alpha value is -0.0800. The zero-order chi connectivity index (χ0) is 12.2. The summed E-state index contributed by atoms with van der Waals surface area (Å²) in [6, 6.07) is 0.757. The molecule has 96 valence electrons. The number of nitrogens with one attached hydrogen (secondary N) is 1. The number of rotatable bonds is 1. The maximum atomic E-state index is 3.70. The minimum Gasteiger partial charge on any atom is -0.312 e. The Kier molecular flexibility index (Phi) is 5.26. The third-order valence-corrected chi connectivity index (χ3v) is 4.12. The van der Waals surface area contributed by atoms with Crippen LogP contribution in [0.2, 0.25) is 0 Å². The standard InChI is InChI=1S/C12H24N2.C2H6/c1-4-14-8-11-10(6-5-7-13-11)12(2,3)9-14;1-2/h10-11,13H,4-9H2,1-3H3;1-2H3. The van der Waals surface area contributed by atoms with Crippen molar-refractivity contribution in [2.24, 2.45) is 11.3 Å². The van der Waals surface area contributed by atoms with Crippen molar-refractivity contribution in [1.82, 2.24) is 10.2 Å². The summed E-state index contributed by atoms with van der Waals surface area (Å²) >= 11 is 0.